The van der Waals surface area contributed by atoms with Crippen LogP contribution in [0.5, 0.6) is 5.75 Å². The quantitative estimate of drug-likeness (QED) is 0.527. The molecular formula is C24H24N4O2. The molecule has 0 aliphatic heterocycles. The van der Waals surface area contributed by atoms with Crippen molar-refractivity contribution < 1.29 is 9.53 Å². The number of hydrogen-bond acceptors (Lipinski definition) is 3. The second kappa shape index (κ2) is 8.29. The van der Waals surface area contributed by atoms with Crippen LogP contribution < -0.4 is 10.1 Å². The normalized spacial score (nSPS) is 10.8. The zero-order valence-electron chi connectivity index (χ0n) is 17.3. The van der Waals surface area contributed by atoms with Gasteiger partial charge in [-0.3, -0.25) is 4.79 Å². The van der Waals surface area contributed by atoms with Crippen molar-refractivity contribution in [2.45, 2.75) is 20.4 Å². The van der Waals surface area contributed by atoms with Crippen LogP contribution >= 0.6 is 0 Å². The summed E-state index contributed by atoms with van der Waals surface area (Å²) in [5.41, 5.74) is 5.54. The van der Waals surface area contributed by atoms with E-state index in [0.717, 1.165) is 34.1 Å². The molecule has 2 heterocycles. The summed E-state index contributed by atoms with van der Waals surface area (Å²) in [5, 5.41) is 7.25. The summed E-state index contributed by atoms with van der Waals surface area (Å²) in [6, 6.07) is 19.6. The number of rotatable bonds is 6. The first kappa shape index (κ1) is 19.5. The van der Waals surface area contributed by atoms with Gasteiger partial charge in [-0.15, -0.1) is 0 Å². The minimum Gasteiger partial charge on any atom is -0.497 e. The van der Waals surface area contributed by atoms with Gasteiger partial charge in [0.05, 0.1) is 18.4 Å². The Hall–Kier alpha value is -3.80. The standard InChI is InChI=1S/C24H24N4O2/c1-17-14-23(18(2)28(17)21-6-4-7-22(15-21)30-3)24(29)25-16-19-8-10-20(11-9-19)27-13-5-12-26-27/h4-15H,16H2,1-3H3,(H,25,29). The van der Waals surface area contributed by atoms with Gasteiger partial charge in [0, 0.05) is 42.1 Å². The summed E-state index contributed by atoms with van der Waals surface area (Å²) in [6.07, 6.45) is 3.64. The molecule has 30 heavy (non-hydrogen) atoms. The lowest BCUT2D eigenvalue weighted by molar-refractivity contribution is 0.0950. The second-order valence-electron chi connectivity index (χ2n) is 7.12. The van der Waals surface area contributed by atoms with E-state index >= 15 is 0 Å². The van der Waals surface area contributed by atoms with E-state index < -0.39 is 0 Å². The Morgan fingerprint density at radius 1 is 1.03 bits per heavy atom. The Balaban J connectivity index is 1.49. The molecular weight excluding hydrogens is 376 g/mol. The molecule has 0 saturated heterocycles. The summed E-state index contributed by atoms with van der Waals surface area (Å²) in [5.74, 6) is 0.693. The van der Waals surface area contributed by atoms with Crippen LogP contribution in [0.4, 0.5) is 0 Å². The first-order valence-electron chi connectivity index (χ1n) is 9.77. The average Bonchev–Trinajstić information content (AvgIpc) is 3.40. The molecule has 0 saturated carbocycles. The van der Waals surface area contributed by atoms with Gasteiger partial charge in [-0.1, -0.05) is 18.2 Å². The van der Waals surface area contributed by atoms with Crippen LogP contribution in [0.15, 0.2) is 73.1 Å². The summed E-state index contributed by atoms with van der Waals surface area (Å²) in [7, 11) is 1.65. The zero-order chi connectivity index (χ0) is 21.1. The molecule has 152 valence electrons. The van der Waals surface area contributed by atoms with Crippen LogP contribution in [-0.4, -0.2) is 27.4 Å². The largest absolute Gasteiger partial charge is 0.497 e. The number of nitrogens with zero attached hydrogens (tertiary/aromatic N) is 3. The maximum absolute atomic E-state index is 12.8. The van der Waals surface area contributed by atoms with Crippen molar-refractivity contribution in [2.24, 2.45) is 0 Å². The fraction of sp³-hybridized carbons (Fsp3) is 0.167. The lowest BCUT2D eigenvalue weighted by atomic mass is 10.2. The molecule has 0 spiro atoms. The van der Waals surface area contributed by atoms with Crippen molar-refractivity contribution in [3.8, 4) is 17.1 Å². The molecule has 0 aliphatic rings. The predicted molar refractivity (Wildman–Crippen MR) is 117 cm³/mol. The molecule has 1 amide bonds. The van der Waals surface area contributed by atoms with Crippen molar-refractivity contribution in [3.63, 3.8) is 0 Å². The second-order valence-corrected chi connectivity index (χ2v) is 7.12. The third kappa shape index (κ3) is 3.85. The van der Waals surface area contributed by atoms with Crippen LogP contribution in [0.3, 0.4) is 0 Å². The molecule has 0 bridgehead atoms. The molecule has 2 aromatic heterocycles. The fourth-order valence-corrected chi connectivity index (χ4v) is 3.61. The number of ether oxygens (including phenoxy) is 1. The van der Waals surface area contributed by atoms with Gasteiger partial charge in [0.25, 0.3) is 5.91 Å². The highest BCUT2D eigenvalue weighted by molar-refractivity contribution is 5.95. The van der Waals surface area contributed by atoms with Gasteiger partial charge in [0.1, 0.15) is 5.75 Å². The van der Waals surface area contributed by atoms with Gasteiger partial charge in [-0.25, -0.2) is 4.68 Å². The molecule has 4 rings (SSSR count). The monoisotopic (exact) mass is 400 g/mol. The summed E-state index contributed by atoms with van der Waals surface area (Å²) in [4.78, 5) is 12.8. The van der Waals surface area contributed by atoms with Gasteiger partial charge in [-0.05, 0) is 55.8 Å². The van der Waals surface area contributed by atoms with E-state index in [1.54, 1.807) is 18.0 Å². The SMILES string of the molecule is COc1cccc(-n2c(C)cc(C(=O)NCc3ccc(-n4cccn4)cc3)c2C)c1. The van der Waals surface area contributed by atoms with E-state index in [2.05, 4.69) is 15.0 Å². The van der Waals surface area contributed by atoms with Crippen molar-refractivity contribution in [1.29, 1.82) is 0 Å². The number of hydrogen-bond donors (Lipinski definition) is 1. The number of aromatic nitrogens is 3. The van der Waals surface area contributed by atoms with E-state index in [1.807, 2.05) is 80.7 Å². The molecule has 6 heteroatoms. The Kier molecular flexibility index (Phi) is 5.39. The molecule has 2 aromatic carbocycles. The van der Waals surface area contributed by atoms with Crippen LogP contribution in [-0.2, 0) is 6.54 Å². The van der Waals surface area contributed by atoms with Crippen LogP contribution in [0, 0.1) is 13.8 Å². The molecule has 6 nitrogen and oxygen atoms in total. The Morgan fingerprint density at radius 3 is 2.53 bits per heavy atom. The van der Waals surface area contributed by atoms with Gasteiger partial charge in [0.2, 0.25) is 0 Å². The third-order valence-corrected chi connectivity index (χ3v) is 5.15. The van der Waals surface area contributed by atoms with Crippen LogP contribution in [0.25, 0.3) is 11.4 Å². The molecule has 4 aromatic rings. The molecule has 1 N–H and O–H groups in total. The summed E-state index contributed by atoms with van der Waals surface area (Å²) < 4.78 is 9.20. The fourth-order valence-electron chi connectivity index (χ4n) is 3.61. The van der Waals surface area contributed by atoms with Gasteiger partial charge in [0.15, 0.2) is 0 Å². The third-order valence-electron chi connectivity index (χ3n) is 5.15. The highest BCUT2D eigenvalue weighted by atomic mass is 16.5. The van der Waals surface area contributed by atoms with E-state index in [1.165, 1.54) is 0 Å². The van der Waals surface area contributed by atoms with Gasteiger partial charge < -0.3 is 14.6 Å². The first-order valence-corrected chi connectivity index (χ1v) is 9.77. The topological polar surface area (TPSA) is 61.1 Å². The smallest absolute Gasteiger partial charge is 0.253 e. The first-order chi connectivity index (χ1) is 14.6. The molecule has 0 unspecified atom stereocenters. The van der Waals surface area contributed by atoms with Crippen molar-refractivity contribution in [1.82, 2.24) is 19.7 Å². The Labute approximate surface area is 175 Å². The lowest BCUT2D eigenvalue weighted by Gasteiger charge is -2.11. The van der Waals surface area contributed by atoms with E-state index in [9.17, 15) is 4.79 Å². The minimum atomic E-state index is -0.0894. The van der Waals surface area contributed by atoms with E-state index in [4.69, 9.17) is 4.74 Å². The number of carbonyl (C=O) groups is 1. The maximum atomic E-state index is 12.8. The summed E-state index contributed by atoms with van der Waals surface area (Å²) >= 11 is 0. The highest BCUT2D eigenvalue weighted by Gasteiger charge is 2.17. The molecule has 0 fully saturated rings. The minimum absolute atomic E-state index is 0.0894. The number of amides is 1. The number of carbonyl (C=O) groups excluding carboxylic acids is 1. The Morgan fingerprint density at radius 2 is 1.83 bits per heavy atom. The van der Waals surface area contributed by atoms with Crippen LogP contribution in [0.2, 0.25) is 0 Å². The lowest BCUT2D eigenvalue weighted by Crippen LogP contribution is -2.23. The van der Waals surface area contributed by atoms with Gasteiger partial charge >= 0.3 is 0 Å². The van der Waals surface area contributed by atoms with Crippen molar-refractivity contribution in [2.75, 3.05) is 7.11 Å². The number of aryl methyl sites for hydroxylation is 1. The number of benzene rings is 2. The van der Waals surface area contributed by atoms with Crippen molar-refractivity contribution >= 4 is 5.91 Å². The van der Waals surface area contributed by atoms with E-state index in [-0.39, 0.29) is 5.91 Å². The highest BCUT2D eigenvalue weighted by Crippen LogP contribution is 2.24. The molecule has 0 aliphatic carbocycles. The maximum Gasteiger partial charge on any atom is 0.253 e. The molecule has 0 radical (unpaired) electrons. The molecule has 0 atom stereocenters. The van der Waals surface area contributed by atoms with E-state index in [0.29, 0.717) is 12.1 Å². The van der Waals surface area contributed by atoms with Crippen molar-refractivity contribution in [3.05, 3.63) is 95.6 Å². The Bertz CT molecular complexity index is 1160. The summed E-state index contributed by atoms with van der Waals surface area (Å²) in [6.45, 7) is 4.42. The number of nitrogens with one attached hydrogen (secondary N) is 1. The zero-order valence-corrected chi connectivity index (χ0v) is 17.3. The number of methoxy groups -OCH3 is 1. The average molecular weight is 400 g/mol. The predicted octanol–water partition coefficient (Wildman–Crippen LogP) is 4.22. The van der Waals surface area contributed by atoms with Crippen LogP contribution in [0.1, 0.15) is 27.3 Å². The van der Waals surface area contributed by atoms with Gasteiger partial charge in [-0.2, -0.15) is 5.10 Å².